The van der Waals surface area contributed by atoms with Gasteiger partial charge in [-0.05, 0) is 64.6 Å². The molecule has 0 unspecified atom stereocenters. The number of esters is 1. The average Bonchev–Trinajstić information content (AvgIpc) is 3.44. The molecule has 0 aliphatic heterocycles. The van der Waals surface area contributed by atoms with Gasteiger partial charge in [0.05, 0.1) is 11.7 Å². The molecule has 0 amide bonds. The molecule has 188 valence electrons. The Bertz CT molecular complexity index is 1620. The van der Waals surface area contributed by atoms with Gasteiger partial charge in [0.2, 0.25) is 0 Å². The fourth-order valence-electron chi connectivity index (χ4n) is 4.54. The maximum Gasteiger partial charge on any atom is 0.335 e. The molecule has 1 N–H and O–H groups in total. The van der Waals surface area contributed by atoms with Crippen molar-refractivity contribution in [1.29, 1.82) is 0 Å². The molecule has 5 aromatic rings. The first kappa shape index (κ1) is 24.8. The fraction of sp³-hybridized carbons (Fsp3) is 0.0909. The van der Waals surface area contributed by atoms with Gasteiger partial charge in [0.15, 0.2) is 0 Å². The normalized spacial score (nSPS) is 11.6. The van der Waals surface area contributed by atoms with Crippen molar-refractivity contribution in [2.45, 2.75) is 20.0 Å². The van der Waals surface area contributed by atoms with E-state index in [0.717, 1.165) is 56.5 Å². The lowest BCUT2D eigenvalue weighted by molar-refractivity contribution is -0.128. The number of carbonyl (C=O) groups excluding carboxylic acids is 1. The monoisotopic (exact) mass is 500 g/mol. The lowest BCUT2D eigenvalue weighted by Crippen LogP contribution is -2.06. The molecule has 5 rings (SSSR count). The van der Waals surface area contributed by atoms with E-state index in [0.29, 0.717) is 12.4 Å². The van der Waals surface area contributed by atoms with Crippen molar-refractivity contribution >= 4 is 28.0 Å². The summed E-state index contributed by atoms with van der Waals surface area (Å²) in [6.07, 6.45) is 3.72. The van der Waals surface area contributed by atoms with Gasteiger partial charge < -0.3 is 9.47 Å². The molecule has 0 spiro atoms. The van der Waals surface area contributed by atoms with Crippen molar-refractivity contribution < 1.29 is 14.3 Å². The molecule has 0 bridgehead atoms. The first-order chi connectivity index (χ1) is 18.7. The SMILES string of the molecule is C=CC(=O)Oc1ccccc1/C(=C(\CC)c1cccc(OCc2ccccc2)c1)c1ccc2[nH]ncc2c1. The zero-order valence-corrected chi connectivity index (χ0v) is 21.2. The second-order valence-electron chi connectivity index (χ2n) is 8.80. The van der Waals surface area contributed by atoms with E-state index in [9.17, 15) is 4.79 Å². The molecule has 4 aromatic carbocycles. The molecular weight excluding hydrogens is 472 g/mol. The summed E-state index contributed by atoms with van der Waals surface area (Å²) in [5, 5.41) is 8.20. The number of ether oxygens (including phenoxy) is 2. The minimum Gasteiger partial charge on any atom is -0.489 e. The predicted molar refractivity (Wildman–Crippen MR) is 152 cm³/mol. The number of H-pyrrole nitrogens is 1. The fourth-order valence-corrected chi connectivity index (χ4v) is 4.54. The number of benzene rings is 4. The largest absolute Gasteiger partial charge is 0.489 e. The number of para-hydroxylation sites is 1. The zero-order valence-electron chi connectivity index (χ0n) is 21.2. The highest BCUT2D eigenvalue weighted by atomic mass is 16.5. The van der Waals surface area contributed by atoms with Crippen molar-refractivity contribution in [2.75, 3.05) is 0 Å². The van der Waals surface area contributed by atoms with Crippen LogP contribution < -0.4 is 9.47 Å². The van der Waals surface area contributed by atoms with Crippen molar-refractivity contribution in [3.8, 4) is 11.5 Å². The van der Waals surface area contributed by atoms with Gasteiger partial charge in [0.25, 0.3) is 0 Å². The van der Waals surface area contributed by atoms with Crippen LogP contribution in [-0.2, 0) is 11.4 Å². The Labute approximate surface area is 222 Å². The summed E-state index contributed by atoms with van der Waals surface area (Å²) in [6.45, 7) is 6.17. The molecule has 1 heterocycles. The van der Waals surface area contributed by atoms with Crippen molar-refractivity contribution in [3.05, 3.63) is 138 Å². The first-order valence-corrected chi connectivity index (χ1v) is 12.5. The zero-order chi connectivity index (χ0) is 26.3. The van der Waals surface area contributed by atoms with Crippen LogP contribution >= 0.6 is 0 Å². The van der Waals surface area contributed by atoms with Gasteiger partial charge in [0.1, 0.15) is 18.1 Å². The second kappa shape index (κ2) is 11.4. The van der Waals surface area contributed by atoms with E-state index in [1.165, 1.54) is 6.08 Å². The number of nitrogens with zero attached hydrogens (tertiary/aromatic N) is 1. The number of carbonyl (C=O) groups is 1. The van der Waals surface area contributed by atoms with Crippen LogP contribution in [0.1, 0.15) is 35.6 Å². The molecule has 38 heavy (non-hydrogen) atoms. The summed E-state index contributed by atoms with van der Waals surface area (Å²) in [7, 11) is 0. The minimum absolute atomic E-state index is 0.474. The van der Waals surface area contributed by atoms with Gasteiger partial charge >= 0.3 is 5.97 Å². The van der Waals surface area contributed by atoms with Crippen molar-refractivity contribution in [3.63, 3.8) is 0 Å². The van der Waals surface area contributed by atoms with Crippen molar-refractivity contribution in [2.24, 2.45) is 0 Å². The summed E-state index contributed by atoms with van der Waals surface area (Å²) in [6, 6.07) is 32.0. The standard InChI is InChI=1S/C33H28N2O3/c1-3-28(24-13-10-14-27(20-24)37-22-23-11-6-5-7-12-23)33(25-17-18-30-26(19-25)21-34-35-30)29-15-8-9-16-31(29)38-32(36)4-2/h4-21H,2-3,22H2,1H3,(H,34,35)/b33-28+. The topological polar surface area (TPSA) is 64.2 Å². The Morgan fingerprint density at radius 2 is 1.74 bits per heavy atom. The Hall–Kier alpha value is -4.90. The summed E-state index contributed by atoms with van der Waals surface area (Å²) in [5.74, 6) is 0.756. The molecule has 0 saturated heterocycles. The van der Waals surface area contributed by atoms with E-state index in [1.54, 1.807) is 6.07 Å². The quantitative estimate of drug-likeness (QED) is 0.0979. The maximum atomic E-state index is 12.2. The highest BCUT2D eigenvalue weighted by molar-refractivity contribution is 6.02. The Balaban J connectivity index is 1.65. The number of hydrogen-bond donors (Lipinski definition) is 1. The highest BCUT2D eigenvalue weighted by Crippen LogP contribution is 2.40. The summed E-state index contributed by atoms with van der Waals surface area (Å²) < 4.78 is 11.8. The van der Waals surface area contributed by atoms with E-state index in [-0.39, 0.29) is 0 Å². The number of aromatic amines is 1. The number of aromatic nitrogens is 2. The Kier molecular flexibility index (Phi) is 7.46. The third kappa shape index (κ3) is 5.42. The van der Waals surface area contributed by atoms with Gasteiger partial charge in [-0.3, -0.25) is 5.10 Å². The van der Waals surface area contributed by atoms with Crippen LogP contribution in [0, 0.1) is 0 Å². The van der Waals surface area contributed by atoms with Crippen LogP contribution in [0.25, 0.3) is 22.0 Å². The molecule has 1 aromatic heterocycles. The van der Waals surface area contributed by atoms with Gasteiger partial charge in [-0.25, -0.2) is 4.79 Å². The number of rotatable bonds is 9. The second-order valence-corrected chi connectivity index (χ2v) is 8.80. The lowest BCUT2D eigenvalue weighted by Gasteiger charge is -2.19. The molecule has 0 radical (unpaired) electrons. The van der Waals surface area contributed by atoms with Crippen LogP contribution in [0.4, 0.5) is 0 Å². The van der Waals surface area contributed by atoms with Crippen molar-refractivity contribution in [1.82, 2.24) is 10.2 Å². The summed E-state index contributed by atoms with van der Waals surface area (Å²) >= 11 is 0. The van der Waals surface area contributed by atoms with Gasteiger partial charge in [0, 0.05) is 17.0 Å². The predicted octanol–water partition coefficient (Wildman–Crippen LogP) is 7.60. The third-order valence-electron chi connectivity index (χ3n) is 6.35. The molecule has 5 nitrogen and oxygen atoms in total. The molecule has 0 aliphatic rings. The van der Waals surface area contributed by atoms with Crippen LogP contribution in [-0.4, -0.2) is 16.2 Å². The van der Waals surface area contributed by atoms with Crippen LogP contribution in [0.15, 0.2) is 116 Å². The lowest BCUT2D eigenvalue weighted by atomic mass is 9.87. The number of fused-ring (bicyclic) bond motifs is 1. The minimum atomic E-state index is -0.503. The molecule has 0 fully saturated rings. The first-order valence-electron chi connectivity index (χ1n) is 12.5. The number of nitrogens with one attached hydrogen (secondary N) is 1. The van der Waals surface area contributed by atoms with Gasteiger partial charge in [-0.15, -0.1) is 0 Å². The van der Waals surface area contributed by atoms with E-state index >= 15 is 0 Å². The highest BCUT2D eigenvalue weighted by Gasteiger charge is 2.19. The van der Waals surface area contributed by atoms with Gasteiger partial charge in [-0.2, -0.15) is 5.10 Å². The smallest absolute Gasteiger partial charge is 0.335 e. The molecule has 0 atom stereocenters. The summed E-state index contributed by atoms with van der Waals surface area (Å²) in [4.78, 5) is 12.2. The third-order valence-corrected chi connectivity index (χ3v) is 6.35. The number of allylic oxidation sites excluding steroid dienone is 1. The van der Waals surface area contributed by atoms with E-state index in [2.05, 4.69) is 48.0 Å². The number of hydrogen-bond acceptors (Lipinski definition) is 4. The Morgan fingerprint density at radius 1 is 0.921 bits per heavy atom. The summed E-state index contributed by atoms with van der Waals surface area (Å²) in [5.41, 5.74) is 6.98. The van der Waals surface area contributed by atoms with E-state index < -0.39 is 5.97 Å². The molecular formula is C33H28N2O3. The Morgan fingerprint density at radius 3 is 2.55 bits per heavy atom. The van der Waals surface area contributed by atoms with Gasteiger partial charge in [-0.1, -0.05) is 80.2 Å². The molecule has 5 heteroatoms. The van der Waals surface area contributed by atoms with E-state index in [4.69, 9.17) is 9.47 Å². The van der Waals surface area contributed by atoms with Crippen LogP contribution in [0.2, 0.25) is 0 Å². The van der Waals surface area contributed by atoms with Crippen LogP contribution in [0.3, 0.4) is 0 Å². The maximum absolute atomic E-state index is 12.2. The molecule has 0 saturated carbocycles. The molecule has 0 aliphatic carbocycles. The van der Waals surface area contributed by atoms with Crippen LogP contribution in [0.5, 0.6) is 11.5 Å². The van der Waals surface area contributed by atoms with E-state index in [1.807, 2.05) is 72.9 Å². The average molecular weight is 501 g/mol.